The van der Waals surface area contributed by atoms with Gasteiger partial charge in [-0.15, -0.1) is 28.1 Å². The molecule has 0 aliphatic carbocycles. The Morgan fingerprint density at radius 3 is 2.86 bits per heavy atom. The van der Waals surface area contributed by atoms with E-state index in [1.165, 1.54) is 23.1 Å². The number of thiazole rings is 1. The second-order valence-electron chi connectivity index (χ2n) is 7.63. The molecule has 0 fully saturated rings. The number of rotatable bonds is 11. The van der Waals surface area contributed by atoms with Crippen LogP contribution >= 0.6 is 34.7 Å². The topological polar surface area (TPSA) is 81.9 Å². The van der Waals surface area contributed by atoms with Gasteiger partial charge in [0, 0.05) is 29.1 Å². The van der Waals surface area contributed by atoms with Crippen molar-refractivity contribution >= 4 is 45.7 Å². The van der Waals surface area contributed by atoms with Gasteiger partial charge in [0.15, 0.2) is 16.1 Å². The van der Waals surface area contributed by atoms with Crippen LogP contribution < -0.4 is 10.1 Å². The van der Waals surface area contributed by atoms with Crippen LogP contribution in [0, 0.1) is 6.92 Å². The van der Waals surface area contributed by atoms with Crippen molar-refractivity contribution in [2.24, 2.45) is 0 Å². The van der Waals surface area contributed by atoms with Gasteiger partial charge in [0.1, 0.15) is 12.4 Å². The lowest BCUT2D eigenvalue weighted by Gasteiger charge is -2.09. The van der Waals surface area contributed by atoms with Crippen molar-refractivity contribution in [1.29, 1.82) is 0 Å². The number of hydrogen-bond donors (Lipinski definition) is 1. The summed E-state index contributed by atoms with van der Waals surface area (Å²) in [6.45, 7) is 6.57. The highest BCUT2D eigenvalue weighted by Crippen LogP contribution is 2.25. The van der Waals surface area contributed by atoms with E-state index in [4.69, 9.17) is 16.3 Å². The standard InChI is InChI=1S/C25H24ClN5O2S2/c1-3-11-31-22(15-33-19-7-5-4-6-8-19)29-30-25(31)34-16-23(32)28-24-27-14-20(35-24)12-18-10-9-17(2)21(26)13-18/h3-10,13-14H,1,11-12,15-16H2,2H3,(H,27,28,32). The number of benzene rings is 2. The lowest BCUT2D eigenvalue weighted by molar-refractivity contribution is -0.113. The third-order valence-electron chi connectivity index (χ3n) is 4.96. The number of halogens is 1. The smallest absolute Gasteiger partial charge is 0.236 e. The van der Waals surface area contributed by atoms with E-state index in [9.17, 15) is 4.79 Å². The Balaban J connectivity index is 1.31. The molecule has 2 aromatic carbocycles. The van der Waals surface area contributed by atoms with Crippen molar-refractivity contribution in [3.05, 3.63) is 94.2 Å². The van der Waals surface area contributed by atoms with E-state index in [0.29, 0.717) is 29.1 Å². The van der Waals surface area contributed by atoms with Gasteiger partial charge in [-0.1, -0.05) is 59.8 Å². The number of aromatic nitrogens is 4. The van der Waals surface area contributed by atoms with Crippen molar-refractivity contribution in [3.63, 3.8) is 0 Å². The molecule has 0 radical (unpaired) electrons. The van der Waals surface area contributed by atoms with E-state index < -0.39 is 0 Å². The number of carbonyl (C=O) groups is 1. The zero-order valence-corrected chi connectivity index (χ0v) is 21.5. The van der Waals surface area contributed by atoms with Crippen molar-refractivity contribution in [2.75, 3.05) is 11.1 Å². The normalized spacial score (nSPS) is 10.8. The third-order valence-corrected chi connectivity index (χ3v) is 7.25. The molecule has 4 aromatic rings. The minimum atomic E-state index is -0.162. The van der Waals surface area contributed by atoms with Gasteiger partial charge in [-0.05, 0) is 36.2 Å². The molecule has 7 nitrogen and oxygen atoms in total. The number of thioether (sulfide) groups is 1. The lowest BCUT2D eigenvalue weighted by Crippen LogP contribution is -2.14. The van der Waals surface area contributed by atoms with Crippen LogP contribution in [0.15, 0.2) is 72.5 Å². The first-order valence-corrected chi connectivity index (χ1v) is 13.0. The summed E-state index contributed by atoms with van der Waals surface area (Å²) in [6.07, 6.45) is 4.25. The van der Waals surface area contributed by atoms with Gasteiger partial charge in [-0.25, -0.2) is 4.98 Å². The lowest BCUT2D eigenvalue weighted by atomic mass is 10.1. The molecule has 0 spiro atoms. The molecule has 1 N–H and O–H groups in total. The van der Waals surface area contributed by atoms with E-state index in [2.05, 4.69) is 27.1 Å². The number of nitrogens with zero attached hydrogens (tertiary/aromatic N) is 4. The summed E-state index contributed by atoms with van der Waals surface area (Å²) in [5.41, 5.74) is 2.15. The maximum absolute atomic E-state index is 12.5. The molecule has 1 amide bonds. The SMILES string of the molecule is C=CCn1c(COc2ccccc2)nnc1SCC(=O)Nc1ncc(Cc2ccc(C)c(Cl)c2)s1. The minimum absolute atomic E-state index is 0.162. The van der Waals surface area contributed by atoms with Gasteiger partial charge in [0.2, 0.25) is 5.91 Å². The molecule has 0 unspecified atom stereocenters. The van der Waals surface area contributed by atoms with Gasteiger partial charge < -0.3 is 10.1 Å². The van der Waals surface area contributed by atoms with E-state index in [-0.39, 0.29) is 18.3 Å². The second kappa shape index (κ2) is 12.0. The summed E-state index contributed by atoms with van der Waals surface area (Å²) >= 11 is 8.98. The van der Waals surface area contributed by atoms with E-state index in [1.807, 2.05) is 60.0 Å². The number of amides is 1. The fraction of sp³-hybridized carbons (Fsp3) is 0.200. The quantitative estimate of drug-likeness (QED) is 0.197. The van der Waals surface area contributed by atoms with E-state index in [1.54, 1.807) is 12.3 Å². The van der Waals surface area contributed by atoms with Crippen LogP contribution in [0.2, 0.25) is 5.02 Å². The molecule has 180 valence electrons. The fourth-order valence-corrected chi connectivity index (χ4v) is 5.02. The van der Waals surface area contributed by atoms with Crippen molar-refractivity contribution in [2.45, 2.75) is 31.7 Å². The number of allylic oxidation sites excluding steroid dienone is 1. The Hall–Kier alpha value is -3.14. The molecule has 0 atom stereocenters. The predicted octanol–water partition coefficient (Wildman–Crippen LogP) is 5.78. The monoisotopic (exact) mass is 525 g/mol. The van der Waals surface area contributed by atoms with E-state index in [0.717, 1.165) is 26.8 Å². The molecule has 0 aliphatic rings. The van der Waals surface area contributed by atoms with Crippen LogP contribution in [0.4, 0.5) is 5.13 Å². The van der Waals surface area contributed by atoms with Crippen LogP contribution in [0.5, 0.6) is 5.75 Å². The summed E-state index contributed by atoms with van der Waals surface area (Å²) in [5.74, 6) is 1.43. The summed E-state index contributed by atoms with van der Waals surface area (Å²) in [7, 11) is 0. The molecule has 4 rings (SSSR count). The Kier molecular flexibility index (Phi) is 8.57. The molecule has 2 heterocycles. The summed E-state index contributed by atoms with van der Waals surface area (Å²) in [5, 5.41) is 13.3. The Labute approximate surface area is 217 Å². The number of carbonyl (C=O) groups excluding carboxylic acids is 1. The average molecular weight is 526 g/mol. The number of anilines is 1. The molecular weight excluding hydrogens is 502 g/mol. The zero-order chi connectivity index (χ0) is 24.6. The predicted molar refractivity (Wildman–Crippen MR) is 141 cm³/mol. The maximum Gasteiger partial charge on any atom is 0.236 e. The van der Waals surface area contributed by atoms with Crippen LogP contribution in [-0.4, -0.2) is 31.4 Å². The number of ether oxygens (including phenoxy) is 1. The third kappa shape index (κ3) is 6.94. The number of aryl methyl sites for hydroxylation is 1. The fourth-order valence-electron chi connectivity index (χ4n) is 3.19. The number of para-hydroxylation sites is 1. The van der Waals surface area contributed by atoms with Crippen LogP contribution in [0.3, 0.4) is 0 Å². The molecular formula is C25H24ClN5O2S2. The highest BCUT2D eigenvalue weighted by atomic mass is 35.5. The number of nitrogens with one attached hydrogen (secondary N) is 1. The zero-order valence-electron chi connectivity index (χ0n) is 19.1. The molecule has 0 saturated carbocycles. The van der Waals surface area contributed by atoms with Crippen molar-refractivity contribution in [1.82, 2.24) is 19.7 Å². The summed E-state index contributed by atoms with van der Waals surface area (Å²) in [6, 6.07) is 15.5. The highest BCUT2D eigenvalue weighted by molar-refractivity contribution is 7.99. The van der Waals surface area contributed by atoms with Crippen LogP contribution in [-0.2, 0) is 24.4 Å². The number of hydrogen-bond acceptors (Lipinski definition) is 7. The first-order valence-electron chi connectivity index (χ1n) is 10.8. The minimum Gasteiger partial charge on any atom is -0.486 e. The van der Waals surface area contributed by atoms with Gasteiger partial charge >= 0.3 is 0 Å². The molecule has 0 bridgehead atoms. The Morgan fingerprint density at radius 1 is 1.26 bits per heavy atom. The van der Waals surface area contributed by atoms with Crippen molar-refractivity contribution < 1.29 is 9.53 Å². The van der Waals surface area contributed by atoms with E-state index >= 15 is 0 Å². The largest absolute Gasteiger partial charge is 0.486 e. The van der Waals surface area contributed by atoms with Gasteiger partial charge in [0.25, 0.3) is 0 Å². The highest BCUT2D eigenvalue weighted by Gasteiger charge is 2.15. The second-order valence-corrected chi connectivity index (χ2v) is 10.1. The molecule has 0 saturated heterocycles. The molecule has 35 heavy (non-hydrogen) atoms. The maximum atomic E-state index is 12.5. The van der Waals surface area contributed by atoms with Crippen LogP contribution in [0.25, 0.3) is 0 Å². The Bertz CT molecular complexity index is 1310. The van der Waals surface area contributed by atoms with Gasteiger partial charge in [-0.2, -0.15) is 0 Å². The Morgan fingerprint density at radius 2 is 2.09 bits per heavy atom. The van der Waals surface area contributed by atoms with Gasteiger partial charge in [-0.3, -0.25) is 9.36 Å². The average Bonchev–Trinajstić information content (AvgIpc) is 3.46. The van der Waals surface area contributed by atoms with Crippen LogP contribution in [0.1, 0.15) is 21.8 Å². The van der Waals surface area contributed by atoms with Gasteiger partial charge in [0.05, 0.1) is 5.75 Å². The first-order chi connectivity index (χ1) is 17.0. The summed E-state index contributed by atoms with van der Waals surface area (Å²) in [4.78, 5) is 17.9. The van der Waals surface area contributed by atoms with Crippen molar-refractivity contribution in [3.8, 4) is 5.75 Å². The molecule has 10 heteroatoms. The molecule has 2 aromatic heterocycles. The molecule has 0 aliphatic heterocycles. The first kappa shape index (κ1) is 25.0. The summed E-state index contributed by atoms with van der Waals surface area (Å²) < 4.78 is 7.68.